The number of rotatable bonds is 13. The Kier molecular flexibility index (Phi) is 13.5. The van der Waals surface area contributed by atoms with Gasteiger partial charge in [0.15, 0.2) is 5.11 Å². The predicted molar refractivity (Wildman–Crippen MR) is 120 cm³/mol. The van der Waals surface area contributed by atoms with Gasteiger partial charge in [0.05, 0.1) is 5.69 Å². The molecule has 26 heavy (non-hydrogen) atoms. The van der Waals surface area contributed by atoms with Crippen molar-refractivity contribution in [1.82, 2.24) is 5.32 Å². The Morgan fingerprint density at radius 2 is 1.46 bits per heavy atom. The van der Waals surface area contributed by atoms with Crippen LogP contribution in [0.1, 0.15) is 84.0 Å². The molecule has 1 amide bonds. The first kappa shape index (κ1) is 23.1. The Morgan fingerprint density at radius 1 is 0.923 bits per heavy atom. The molecule has 0 unspecified atom stereocenters. The standard InChI is InChI=1S/C21H33BrN2OS/c1-2-3-4-5-6-7-8-9-10-11-12-17-20(25)24-21(26)23-19-16-14-13-15-18(19)22/h13-16H,2-12,17H2,1H3,(H2,23,24,25,26). The first-order chi connectivity index (χ1) is 12.6. The molecule has 0 atom stereocenters. The molecule has 1 aromatic carbocycles. The van der Waals surface area contributed by atoms with Crippen molar-refractivity contribution in [3.63, 3.8) is 0 Å². The number of hydrogen-bond donors (Lipinski definition) is 2. The quantitative estimate of drug-likeness (QED) is 0.257. The summed E-state index contributed by atoms with van der Waals surface area (Å²) in [4.78, 5) is 11.9. The van der Waals surface area contributed by atoms with Gasteiger partial charge < -0.3 is 10.6 Å². The molecule has 0 heterocycles. The van der Waals surface area contributed by atoms with Gasteiger partial charge in [-0.1, -0.05) is 83.3 Å². The highest BCUT2D eigenvalue weighted by molar-refractivity contribution is 9.10. The lowest BCUT2D eigenvalue weighted by Gasteiger charge is -2.10. The van der Waals surface area contributed by atoms with Gasteiger partial charge in [-0.3, -0.25) is 4.79 Å². The molecule has 0 fully saturated rings. The third kappa shape index (κ3) is 11.6. The number of benzene rings is 1. The molecule has 146 valence electrons. The van der Waals surface area contributed by atoms with Crippen LogP contribution >= 0.6 is 28.1 Å². The van der Waals surface area contributed by atoms with Gasteiger partial charge in [-0.25, -0.2) is 0 Å². The Bertz CT molecular complexity index is 536. The van der Waals surface area contributed by atoms with Gasteiger partial charge in [0.25, 0.3) is 0 Å². The van der Waals surface area contributed by atoms with Crippen molar-refractivity contribution in [2.75, 3.05) is 5.32 Å². The zero-order chi connectivity index (χ0) is 19.0. The van der Waals surface area contributed by atoms with Crippen LogP contribution < -0.4 is 10.6 Å². The van der Waals surface area contributed by atoms with Crippen molar-refractivity contribution in [3.8, 4) is 0 Å². The monoisotopic (exact) mass is 440 g/mol. The summed E-state index contributed by atoms with van der Waals surface area (Å²) in [5.74, 6) is -0.00882. The lowest BCUT2D eigenvalue weighted by atomic mass is 10.1. The van der Waals surface area contributed by atoms with E-state index >= 15 is 0 Å². The summed E-state index contributed by atoms with van der Waals surface area (Å²) in [5.41, 5.74) is 0.854. The van der Waals surface area contributed by atoms with Crippen LogP contribution in [-0.2, 0) is 4.79 Å². The fourth-order valence-electron chi connectivity index (χ4n) is 2.86. The van der Waals surface area contributed by atoms with Crippen LogP contribution in [0.2, 0.25) is 0 Å². The zero-order valence-corrected chi connectivity index (χ0v) is 18.4. The van der Waals surface area contributed by atoms with Crippen LogP contribution in [0.25, 0.3) is 0 Å². The van der Waals surface area contributed by atoms with Crippen LogP contribution in [0.3, 0.4) is 0 Å². The number of carbonyl (C=O) groups excluding carboxylic acids is 1. The molecule has 0 saturated carbocycles. The lowest BCUT2D eigenvalue weighted by Crippen LogP contribution is -2.34. The van der Waals surface area contributed by atoms with Gasteiger partial charge in [0.1, 0.15) is 0 Å². The molecule has 0 aromatic heterocycles. The van der Waals surface area contributed by atoms with Crippen LogP contribution in [0, 0.1) is 0 Å². The Morgan fingerprint density at radius 3 is 2.04 bits per heavy atom. The second kappa shape index (κ2) is 15.2. The number of carbonyl (C=O) groups is 1. The average molecular weight is 441 g/mol. The molecular weight excluding hydrogens is 408 g/mol. The molecule has 0 spiro atoms. The second-order valence-corrected chi connectivity index (χ2v) is 8.03. The number of hydrogen-bond acceptors (Lipinski definition) is 2. The van der Waals surface area contributed by atoms with E-state index in [1.165, 1.54) is 57.8 Å². The molecule has 1 rings (SSSR count). The van der Waals surface area contributed by atoms with Crippen molar-refractivity contribution in [2.45, 2.75) is 84.0 Å². The predicted octanol–water partition coefficient (Wildman–Crippen LogP) is 6.96. The van der Waals surface area contributed by atoms with E-state index in [9.17, 15) is 4.79 Å². The molecule has 0 aliphatic rings. The largest absolute Gasteiger partial charge is 0.331 e. The summed E-state index contributed by atoms with van der Waals surface area (Å²) in [6, 6.07) is 7.69. The third-order valence-electron chi connectivity index (χ3n) is 4.38. The first-order valence-electron chi connectivity index (χ1n) is 9.99. The molecular formula is C21H33BrN2OS. The van der Waals surface area contributed by atoms with E-state index in [1.807, 2.05) is 24.3 Å². The van der Waals surface area contributed by atoms with E-state index in [-0.39, 0.29) is 5.91 Å². The number of nitrogens with one attached hydrogen (secondary N) is 2. The molecule has 0 aliphatic carbocycles. The van der Waals surface area contributed by atoms with E-state index in [4.69, 9.17) is 12.2 Å². The average Bonchev–Trinajstić information content (AvgIpc) is 2.61. The minimum atomic E-state index is -0.00882. The summed E-state index contributed by atoms with van der Waals surface area (Å²) in [7, 11) is 0. The molecule has 5 heteroatoms. The normalized spacial score (nSPS) is 10.5. The number of para-hydroxylation sites is 1. The van der Waals surface area contributed by atoms with E-state index in [2.05, 4.69) is 33.5 Å². The third-order valence-corrected chi connectivity index (χ3v) is 5.28. The first-order valence-corrected chi connectivity index (χ1v) is 11.2. The van der Waals surface area contributed by atoms with Crippen LogP contribution in [0.5, 0.6) is 0 Å². The van der Waals surface area contributed by atoms with Crippen LogP contribution in [0.4, 0.5) is 5.69 Å². The maximum absolute atomic E-state index is 11.9. The minimum absolute atomic E-state index is 0.00882. The van der Waals surface area contributed by atoms with E-state index in [0.29, 0.717) is 11.5 Å². The molecule has 0 bridgehead atoms. The van der Waals surface area contributed by atoms with Crippen LogP contribution in [-0.4, -0.2) is 11.0 Å². The molecule has 2 N–H and O–H groups in total. The Balaban J connectivity index is 1.98. The fraction of sp³-hybridized carbons (Fsp3) is 0.619. The molecule has 1 aromatic rings. The van der Waals surface area contributed by atoms with Gasteiger partial charge in [-0.2, -0.15) is 0 Å². The highest BCUT2D eigenvalue weighted by Crippen LogP contribution is 2.20. The van der Waals surface area contributed by atoms with E-state index in [0.717, 1.165) is 23.0 Å². The summed E-state index contributed by atoms with van der Waals surface area (Å²) in [6.45, 7) is 2.26. The van der Waals surface area contributed by atoms with Gasteiger partial charge in [-0.15, -0.1) is 0 Å². The van der Waals surface area contributed by atoms with Crippen LogP contribution in [0.15, 0.2) is 28.7 Å². The lowest BCUT2D eigenvalue weighted by molar-refractivity contribution is -0.119. The van der Waals surface area contributed by atoms with Crippen molar-refractivity contribution in [3.05, 3.63) is 28.7 Å². The highest BCUT2D eigenvalue weighted by atomic mass is 79.9. The smallest absolute Gasteiger partial charge is 0.226 e. The van der Waals surface area contributed by atoms with E-state index < -0.39 is 0 Å². The highest BCUT2D eigenvalue weighted by Gasteiger charge is 2.06. The van der Waals surface area contributed by atoms with Gasteiger partial charge in [0.2, 0.25) is 5.91 Å². The molecule has 0 aliphatic heterocycles. The van der Waals surface area contributed by atoms with Crippen molar-refractivity contribution >= 4 is 44.9 Å². The van der Waals surface area contributed by atoms with Gasteiger partial charge >= 0.3 is 0 Å². The van der Waals surface area contributed by atoms with Gasteiger partial charge in [-0.05, 0) is 46.7 Å². The molecule has 0 saturated heterocycles. The Hall–Kier alpha value is -0.940. The summed E-state index contributed by atoms with van der Waals surface area (Å²) in [5, 5.41) is 6.14. The maximum Gasteiger partial charge on any atom is 0.226 e. The summed E-state index contributed by atoms with van der Waals surface area (Å²) < 4.78 is 0.918. The van der Waals surface area contributed by atoms with Crippen molar-refractivity contribution in [2.24, 2.45) is 0 Å². The SMILES string of the molecule is CCCCCCCCCCCCCC(=O)NC(=S)Nc1ccccc1Br. The summed E-state index contributed by atoms with van der Waals surface area (Å²) >= 11 is 8.64. The molecule has 0 radical (unpaired) electrons. The fourth-order valence-corrected chi connectivity index (χ4v) is 3.46. The number of halogens is 1. The van der Waals surface area contributed by atoms with Gasteiger partial charge in [0, 0.05) is 10.9 Å². The van der Waals surface area contributed by atoms with Crippen molar-refractivity contribution < 1.29 is 4.79 Å². The van der Waals surface area contributed by atoms with E-state index in [1.54, 1.807) is 0 Å². The maximum atomic E-state index is 11.9. The number of unbranched alkanes of at least 4 members (excludes halogenated alkanes) is 10. The number of amides is 1. The number of anilines is 1. The van der Waals surface area contributed by atoms with Crippen molar-refractivity contribution in [1.29, 1.82) is 0 Å². The number of thiocarbonyl (C=S) groups is 1. The minimum Gasteiger partial charge on any atom is -0.331 e. The second-order valence-electron chi connectivity index (χ2n) is 6.77. The topological polar surface area (TPSA) is 41.1 Å². The molecule has 3 nitrogen and oxygen atoms in total. The zero-order valence-electron chi connectivity index (χ0n) is 16.0. The Labute approximate surface area is 172 Å². The summed E-state index contributed by atoms with van der Waals surface area (Å²) in [6.07, 6.45) is 14.6.